The fourth-order valence-corrected chi connectivity index (χ4v) is 3.75. The molecule has 4 rings (SSSR count). The van der Waals surface area contributed by atoms with Gasteiger partial charge in [0.1, 0.15) is 5.75 Å². The Balaban J connectivity index is 1.17. The number of guanidine groups is 1. The highest BCUT2D eigenvalue weighted by Crippen LogP contribution is 2.15. The molecule has 0 spiro atoms. The molecule has 10 heteroatoms. The second kappa shape index (κ2) is 12.5. The number of ether oxygens (including phenoxy) is 1. The van der Waals surface area contributed by atoms with Crippen LogP contribution in [-0.2, 0) is 17.8 Å². The minimum absolute atomic E-state index is 0.0478. The summed E-state index contributed by atoms with van der Waals surface area (Å²) >= 11 is 0. The summed E-state index contributed by atoms with van der Waals surface area (Å²) in [4.78, 5) is 16.2. The van der Waals surface area contributed by atoms with E-state index in [4.69, 9.17) is 4.74 Å². The SMILES string of the molecule is CC(Cc1ccc(OCCCC(=O)NC2=NCCCN2)cc1)Nc1nnnn1Cc1ccccc1. The summed E-state index contributed by atoms with van der Waals surface area (Å²) in [6.07, 6.45) is 2.85. The Labute approximate surface area is 205 Å². The van der Waals surface area contributed by atoms with Gasteiger partial charge in [-0.15, -0.1) is 0 Å². The standard InChI is InChI=1S/C25H32N8O2/c1-19(28-25-30-31-32-33(25)18-21-7-3-2-4-8-21)17-20-10-12-22(13-11-20)35-16-5-9-23(34)29-24-26-14-6-15-27-24/h2-4,7-8,10-13,19H,5-6,9,14-18H2,1H3,(H,28,30,32)(H2,26,27,29,34). The van der Waals surface area contributed by atoms with Crippen molar-refractivity contribution in [2.75, 3.05) is 25.0 Å². The number of carbonyl (C=O) groups is 1. The molecule has 0 bridgehead atoms. The predicted molar refractivity (Wildman–Crippen MR) is 134 cm³/mol. The van der Waals surface area contributed by atoms with Crippen LogP contribution >= 0.6 is 0 Å². The van der Waals surface area contributed by atoms with E-state index >= 15 is 0 Å². The number of nitrogens with one attached hydrogen (secondary N) is 3. The Bertz CT molecular complexity index is 1100. The van der Waals surface area contributed by atoms with E-state index in [-0.39, 0.29) is 11.9 Å². The first kappa shape index (κ1) is 24.2. The molecule has 3 aromatic rings. The topological polar surface area (TPSA) is 118 Å². The maximum absolute atomic E-state index is 12.0. The molecule has 184 valence electrons. The number of nitrogens with zero attached hydrogens (tertiary/aromatic N) is 5. The number of tetrazole rings is 1. The lowest BCUT2D eigenvalue weighted by Gasteiger charge is -2.15. The van der Waals surface area contributed by atoms with Gasteiger partial charge in [-0.1, -0.05) is 47.6 Å². The summed E-state index contributed by atoms with van der Waals surface area (Å²) in [6.45, 7) is 4.80. The van der Waals surface area contributed by atoms with Gasteiger partial charge in [0.25, 0.3) is 0 Å². The van der Waals surface area contributed by atoms with Gasteiger partial charge in [-0.25, -0.2) is 4.68 Å². The zero-order valence-electron chi connectivity index (χ0n) is 20.0. The van der Waals surface area contributed by atoms with Crippen molar-refractivity contribution in [3.05, 3.63) is 65.7 Å². The van der Waals surface area contributed by atoms with E-state index in [0.717, 1.165) is 37.2 Å². The number of amides is 1. The van der Waals surface area contributed by atoms with E-state index in [1.807, 2.05) is 30.3 Å². The van der Waals surface area contributed by atoms with E-state index in [0.29, 0.717) is 37.9 Å². The van der Waals surface area contributed by atoms with Crippen LogP contribution in [0.5, 0.6) is 5.75 Å². The number of hydrogen-bond acceptors (Lipinski definition) is 8. The molecule has 0 fully saturated rings. The molecule has 2 heterocycles. The van der Waals surface area contributed by atoms with Crippen molar-refractivity contribution >= 4 is 17.8 Å². The van der Waals surface area contributed by atoms with Gasteiger partial charge < -0.3 is 15.4 Å². The van der Waals surface area contributed by atoms with Crippen molar-refractivity contribution in [3.8, 4) is 5.75 Å². The molecule has 35 heavy (non-hydrogen) atoms. The molecule has 1 aliphatic rings. The van der Waals surface area contributed by atoms with Gasteiger partial charge in [-0.2, -0.15) is 0 Å². The van der Waals surface area contributed by atoms with Crippen LogP contribution in [0, 0.1) is 0 Å². The highest BCUT2D eigenvalue weighted by atomic mass is 16.5. The smallest absolute Gasteiger partial charge is 0.243 e. The zero-order valence-corrected chi connectivity index (χ0v) is 20.0. The van der Waals surface area contributed by atoms with Gasteiger partial charge in [0, 0.05) is 25.6 Å². The molecule has 1 aliphatic heterocycles. The molecular weight excluding hydrogens is 444 g/mol. The molecule has 0 aliphatic carbocycles. The third-order valence-electron chi connectivity index (χ3n) is 5.52. The zero-order chi connectivity index (χ0) is 24.3. The van der Waals surface area contributed by atoms with Crippen LogP contribution in [0.4, 0.5) is 5.95 Å². The molecule has 2 aromatic carbocycles. The van der Waals surface area contributed by atoms with E-state index in [1.165, 1.54) is 5.56 Å². The van der Waals surface area contributed by atoms with Gasteiger partial charge in [-0.3, -0.25) is 15.1 Å². The van der Waals surface area contributed by atoms with Crippen molar-refractivity contribution in [2.24, 2.45) is 4.99 Å². The van der Waals surface area contributed by atoms with Gasteiger partial charge in [0.15, 0.2) is 5.96 Å². The Morgan fingerprint density at radius 3 is 2.74 bits per heavy atom. The number of benzene rings is 2. The Morgan fingerprint density at radius 2 is 1.97 bits per heavy atom. The first-order valence-electron chi connectivity index (χ1n) is 12.0. The molecule has 0 saturated carbocycles. The maximum atomic E-state index is 12.0. The maximum Gasteiger partial charge on any atom is 0.243 e. The van der Waals surface area contributed by atoms with Crippen LogP contribution in [0.15, 0.2) is 59.6 Å². The van der Waals surface area contributed by atoms with Crippen LogP contribution in [0.3, 0.4) is 0 Å². The molecule has 1 amide bonds. The molecule has 0 saturated heterocycles. The fraction of sp³-hybridized carbons (Fsp3) is 0.400. The minimum atomic E-state index is -0.0478. The third kappa shape index (κ3) is 7.80. The molecular formula is C25H32N8O2. The van der Waals surface area contributed by atoms with Crippen molar-refractivity contribution in [1.29, 1.82) is 0 Å². The van der Waals surface area contributed by atoms with E-state index in [9.17, 15) is 4.79 Å². The lowest BCUT2D eigenvalue weighted by molar-refractivity contribution is -0.119. The van der Waals surface area contributed by atoms with Crippen molar-refractivity contribution in [2.45, 2.75) is 45.2 Å². The number of hydrogen-bond donors (Lipinski definition) is 3. The van der Waals surface area contributed by atoms with E-state index < -0.39 is 0 Å². The highest BCUT2D eigenvalue weighted by molar-refractivity contribution is 5.97. The second-order valence-corrected chi connectivity index (χ2v) is 8.55. The van der Waals surface area contributed by atoms with Crippen LogP contribution in [0.2, 0.25) is 0 Å². The van der Waals surface area contributed by atoms with E-state index in [1.54, 1.807) is 4.68 Å². The molecule has 10 nitrogen and oxygen atoms in total. The predicted octanol–water partition coefficient (Wildman–Crippen LogP) is 2.39. The lowest BCUT2D eigenvalue weighted by Crippen LogP contribution is -2.43. The quantitative estimate of drug-likeness (QED) is 0.364. The Kier molecular flexibility index (Phi) is 8.63. The molecule has 1 atom stereocenters. The van der Waals surface area contributed by atoms with Crippen LogP contribution in [-0.4, -0.2) is 57.8 Å². The lowest BCUT2D eigenvalue weighted by atomic mass is 10.1. The van der Waals surface area contributed by atoms with Crippen molar-refractivity contribution in [3.63, 3.8) is 0 Å². The first-order chi connectivity index (χ1) is 17.2. The molecule has 3 N–H and O–H groups in total. The summed E-state index contributed by atoms with van der Waals surface area (Å²) in [5, 5.41) is 21.3. The van der Waals surface area contributed by atoms with Gasteiger partial charge in [0.2, 0.25) is 11.9 Å². The number of aliphatic imine (C=N–C) groups is 1. The van der Waals surface area contributed by atoms with Crippen LogP contribution < -0.4 is 20.7 Å². The number of rotatable bonds is 11. The third-order valence-corrected chi connectivity index (χ3v) is 5.52. The number of aromatic nitrogens is 4. The largest absolute Gasteiger partial charge is 0.494 e. The molecule has 1 aromatic heterocycles. The van der Waals surface area contributed by atoms with Gasteiger partial charge in [0.05, 0.1) is 13.2 Å². The monoisotopic (exact) mass is 476 g/mol. The summed E-state index contributed by atoms with van der Waals surface area (Å²) in [6, 6.07) is 18.3. The van der Waals surface area contributed by atoms with Crippen molar-refractivity contribution in [1.82, 2.24) is 30.8 Å². The summed E-state index contributed by atoms with van der Waals surface area (Å²) in [7, 11) is 0. The summed E-state index contributed by atoms with van der Waals surface area (Å²) in [5.74, 6) is 1.97. The average molecular weight is 477 g/mol. The fourth-order valence-electron chi connectivity index (χ4n) is 3.75. The van der Waals surface area contributed by atoms with Crippen LogP contribution in [0.25, 0.3) is 0 Å². The second-order valence-electron chi connectivity index (χ2n) is 8.55. The normalized spacial score (nSPS) is 13.9. The Morgan fingerprint density at radius 1 is 1.14 bits per heavy atom. The average Bonchev–Trinajstić information content (AvgIpc) is 3.30. The van der Waals surface area contributed by atoms with Gasteiger partial charge in [-0.05, 0) is 59.9 Å². The highest BCUT2D eigenvalue weighted by Gasteiger charge is 2.11. The van der Waals surface area contributed by atoms with E-state index in [2.05, 4.69) is 67.7 Å². The van der Waals surface area contributed by atoms with Crippen molar-refractivity contribution < 1.29 is 9.53 Å². The van der Waals surface area contributed by atoms with Crippen LogP contribution in [0.1, 0.15) is 37.3 Å². The number of anilines is 1. The van der Waals surface area contributed by atoms with Gasteiger partial charge >= 0.3 is 0 Å². The summed E-state index contributed by atoms with van der Waals surface area (Å²) in [5.41, 5.74) is 2.32. The number of carbonyl (C=O) groups excluding carboxylic acids is 1. The summed E-state index contributed by atoms with van der Waals surface area (Å²) < 4.78 is 7.56. The molecule has 0 radical (unpaired) electrons. The first-order valence-corrected chi connectivity index (χ1v) is 12.0. The molecule has 1 unspecified atom stereocenters. The minimum Gasteiger partial charge on any atom is -0.494 e. The Hall–Kier alpha value is -3.95.